The first-order chi connectivity index (χ1) is 12.9. The number of likely N-dealkylation sites (tertiary alicyclic amines) is 1. The van der Waals surface area contributed by atoms with Crippen molar-refractivity contribution in [3.63, 3.8) is 0 Å². The number of benzene rings is 1. The van der Waals surface area contributed by atoms with Gasteiger partial charge in [0.05, 0.1) is 0 Å². The number of rotatable bonds is 2. The van der Waals surface area contributed by atoms with Crippen LogP contribution in [-0.4, -0.2) is 64.9 Å². The molecule has 0 bridgehead atoms. The van der Waals surface area contributed by atoms with Gasteiger partial charge in [0.25, 0.3) is 5.91 Å². The minimum absolute atomic E-state index is 0.294. The molecule has 3 aliphatic heterocycles. The van der Waals surface area contributed by atoms with Crippen molar-refractivity contribution < 1.29 is 14.0 Å². The largest absolute Gasteiger partial charge is 0.343 e. The number of urea groups is 1. The maximum atomic E-state index is 13.3. The molecule has 3 amide bonds. The number of hydrogen-bond donors (Lipinski definition) is 1. The smallest absolute Gasteiger partial charge is 0.325 e. The third-order valence-electron chi connectivity index (χ3n) is 5.67. The van der Waals surface area contributed by atoms with Crippen molar-refractivity contribution in [2.45, 2.75) is 38.5 Å². The molecule has 2 atom stereocenters. The molecule has 7 nitrogen and oxygen atoms in total. The molecule has 1 aromatic carbocycles. The zero-order valence-electron chi connectivity index (χ0n) is 15.6. The van der Waals surface area contributed by atoms with E-state index in [1.54, 1.807) is 19.2 Å². The summed E-state index contributed by atoms with van der Waals surface area (Å²) in [6.45, 7) is 4.42. The topological polar surface area (TPSA) is 68.2 Å². The summed E-state index contributed by atoms with van der Waals surface area (Å²) in [5, 5.41) is 2.41. The monoisotopic (exact) mass is 373 g/mol. The summed E-state index contributed by atoms with van der Waals surface area (Å²) in [5.74, 6) is 0.786. The van der Waals surface area contributed by atoms with Gasteiger partial charge in [-0.1, -0.05) is 19.1 Å². The van der Waals surface area contributed by atoms with Crippen molar-refractivity contribution in [3.8, 4) is 0 Å². The molecule has 0 aliphatic carbocycles. The van der Waals surface area contributed by atoms with E-state index in [9.17, 15) is 14.0 Å². The highest BCUT2D eigenvalue weighted by atomic mass is 19.1. The molecule has 0 radical (unpaired) electrons. The summed E-state index contributed by atoms with van der Waals surface area (Å²) >= 11 is 0. The number of carbonyl (C=O) groups excluding carboxylic acids is 2. The number of fused-ring (bicyclic) bond motifs is 1. The summed E-state index contributed by atoms with van der Waals surface area (Å²) in [5.41, 5.74) is 0.891. The van der Waals surface area contributed by atoms with Crippen molar-refractivity contribution >= 4 is 17.9 Å². The molecule has 1 N–H and O–H groups in total. The molecule has 0 saturated carbocycles. The predicted octanol–water partition coefficient (Wildman–Crippen LogP) is 1.61. The molecule has 0 aromatic heterocycles. The zero-order chi connectivity index (χ0) is 19.1. The number of piperidine rings is 1. The fraction of sp³-hybridized carbons (Fsp3) is 0.526. The maximum Gasteiger partial charge on any atom is 0.325 e. The second-order valence-electron chi connectivity index (χ2n) is 7.62. The van der Waals surface area contributed by atoms with E-state index in [2.05, 4.69) is 17.1 Å². The van der Waals surface area contributed by atoms with Crippen LogP contribution in [0.4, 0.5) is 9.18 Å². The first kappa shape index (κ1) is 17.8. The van der Waals surface area contributed by atoms with Crippen molar-refractivity contribution in [3.05, 3.63) is 35.6 Å². The normalized spacial score (nSPS) is 26.2. The average Bonchev–Trinajstić information content (AvgIpc) is 3.02. The van der Waals surface area contributed by atoms with Gasteiger partial charge in [-0.15, -0.1) is 0 Å². The Balaban J connectivity index is 1.65. The minimum atomic E-state index is -0.577. The van der Waals surface area contributed by atoms with E-state index < -0.39 is 18.2 Å². The average molecular weight is 373 g/mol. The van der Waals surface area contributed by atoms with Crippen molar-refractivity contribution in [1.82, 2.24) is 20.0 Å². The highest BCUT2D eigenvalue weighted by Gasteiger charge is 2.49. The highest BCUT2D eigenvalue weighted by molar-refractivity contribution is 6.03. The van der Waals surface area contributed by atoms with Crippen LogP contribution in [0.3, 0.4) is 0 Å². The number of hydrogen-bond acceptors (Lipinski definition) is 5. The Hall–Kier alpha value is -2.64. The van der Waals surface area contributed by atoms with E-state index in [-0.39, 0.29) is 11.7 Å². The SMILES string of the molecule is CC1CCN(C2=NC3C(C(=O)NC(=O)N3C)N2Cc2ccc(F)cc2)CC1. The van der Waals surface area contributed by atoms with Crippen LogP contribution in [0.2, 0.25) is 0 Å². The molecule has 27 heavy (non-hydrogen) atoms. The molecular formula is C19H24FN5O2. The van der Waals surface area contributed by atoms with Crippen LogP contribution in [0, 0.1) is 11.7 Å². The number of imide groups is 1. The summed E-state index contributed by atoms with van der Waals surface area (Å²) < 4.78 is 13.3. The summed E-state index contributed by atoms with van der Waals surface area (Å²) in [7, 11) is 1.65. The lowest BCUT2D eigenvalue weighted by Crippen LogP contribution is -2.64. The molecule has 2 unspecified atom stereocenters. The number of aliphatic imine (C=N–C) groups is 1. The van der Waals surface area contributed by atoms with Crippen LogP contribution in [0.1, 0.15) is 25.3 Å². The van der Waals surface area contributed by atoms with E-state index >= 15 is 0 Å². The Morgan fingerprint density at radius 2 is 1.85 bits per heavy atom. The van der Waals surface area contributed by atoms with Crippen LogP contribution in [0.5, 0.6) is 0 Å². The predicted molar refractivity (Wildman–Crippen MR) is 98.2 cm³/mol. The number of amides is 3. The van der Waals surface area contributed by atoms with Gasteiger partial charge in [0.2, 0.25) is 0 Å². The molecule has 1 aromatic rings. The summed E-state index contributed by atoms with van der Waals surface area (Å²) in [4.78, 5) is 35.0. The van der Waals surface area contributed by atoms with E-state index in [0.717, 1.165) is 37.5 Å². The lowest BCUT2D eigenvalue weighted by Gasteiger charge is -2.39. The lowest BCUT2D eigenvalue weighted by molar-refractivity contribution is -0.127. The van der Waals surface area contributed by atoms with Gasteiger partial charge in [0.15, 0.2) is 18.2 Å². The fourth-order valence-electron chi connectivity index (χ4n) is 3.94. The van der Waals surface area contributed by atoms with Gasteiger partial charge in [-0.3, -0.25) is 10.1 Å². The van der Waals surface area contributed by atoms with Gasteiger partial charge in [-0.05, 0) is 36.5 Å². The number of likely N-dealkylation sites (N-methyl/N-ethyl adjacent to an activating group) is 1. The van der Waals surface area contributed by atoms with Crippen molar-refractivity contribution in [2.75, 3.05) is 20.1 Å². The standard InChI is InChI=1S/C19H24FN5O2/c1-12-7-9-24(10-8-12)18-21-16-15(17(26)22-19(27)23(16)2)25(18)11-13-3-5-14(20)6-4-13/h3-6,12,15-16H,7-11H2,1-2H3,(H,22,26,27). The highest BCUT2D eigenvalue weighted by Crippen LogP contribution is 2.29. The summed E-state index contributed by atoms with van der Waals surface area (Å²) in [6, 6.07) is 5.26. The van der Waals surface area contributed by atoms with Crippen LogP contribution in [-0.2, 0) is 11.3 Å². The number of nitrogens with one attached hydrogen (secondary N) is 1. The molecular weight excluding hydrogens is 349 g/mol. The molecule has 144 valence electrons. The van der Waals surface area contributed by atoms with Gasteiger partial charge < -0.3 is 14.7 Å². The Morgan fingerprint density at radius 1 is 1.19 bits per heavy atom. The molecule has 3 heterocycles. The lowest BCUT2D eigenvalue weighted by atomic mass is 9.99. The van der Waals surface area contributed by atoms with Gasteiger partial charge >= 0.3 is 6.03 Å². The van der Waals surface area contributed by atoms with E-state index in [0.29, 0.717) is 12.5 Å². The van der Waals surface area contributed by atoms with Crippen LogP contribution in [0.25, 0.3) is 0 Å². The Labute approximate surface area is 157 Å². The molecule has 8 heteroatoms. The fourth-order valence-corrected chi connectivity index (χ4v) is 3.94. The van der Waals surface area contributed by atoms with Gasteiger partial charge in [-0.2, -0.15) is 0 Å². The maximum absolute atomic E-state index is 13.3. The Morgan fingerprint density at radius 3 is 2.52 bits per heavy atom. The Bertz CT molecular complexity index is 773. The molecule has 2 saturated heterocycles. The quantitative estimate of drug-likeness (QED) is 0.855. The van der Waals surface area contributed by atoms with Crippen LogP contribution in [0.15, 0.2) is 29.3 Å². The van der Waals surface area contributed by atoms with Crippen LogP contribution < -0.4 is 5.32 Å². The first-order valence-electron chi connectivity index (χ1n) is 9.35. The number of carbonyl (C=O) groups is 2. The molecule has 4 rings (SSSR count). The number of nitrogens with zero attached hydrogens (tertiary/aromatic N) is 4. The third-order valence-corrected chi connectivity index (χ3v) is 5.67. The minimum Gasteiger partial charge on any atom is -0.343 e. The number of halogens is 1. The van der Waals surface area contributed by atoms with Crippen molar-refractivity contribution in [2.24, 2.45) is 10.9 Å². The number of guanidine groups is 1. The zero-order valence-corrected chi connectivity index (χ0v) is 15.6. The van der Waals surface area contributed by atoms with E-state index in [1.807, 2.05) is 4.90 Å². The first-order valence-corrected chi connectivity index (χ1v) is 9.35. The molecule has 0 spiro atoms. The summed E-state index contributed by atoms with van der Waals surface area (Å²) in [6.07, 6.45) is 1.60. The van der Waals surface area contributed by atoms with Crippen LogP contribution >= 0.6 is 0 Å². The van der Waals surface area contributed by atoms with Gasteiger partial charge in [0, 0.05) is 26.7 Å². The van der Waals surface area contributed by atoms with Crippen molar-refractivity contribution in [1.29, 1.82) is 0 Å². The molecule has 3 aliphatic rings. The van der Waals surface area contributed by atoms with E-state index in [4.69, 9.17) is 4.99 Å². The second kappa shape index (κ2) is 6.83. The second-order valence-corrected chi connectivity index (χ2v) is 7.62. The molecule has 2 fully saturated rings. The van der Waals surface area contributed by atoms with Gasteiger partial charge in [0.1, 0.15) is 5.82 Å². The van der Waals surface area contributed by atoms with E-state index in [1.165, 1.54) is 17.0 Å². The third kappa shape index (κ3) is 3.24. The van der Waals surface area contributed by atoms with Gasteiger partial charge in [-0.25, -0.2) is 14.2 Å². The Kier molecular flexibility index (Phi) is 4.49.